The minimum atomic E-state index is -0.673. The van der Waals surface area contributed by atoms with Gasteiger partial charge in [0.25, 0.3) is 5.91 Å². The summed E-state index contributed by atoms with van der Waals surface area (Å²) in [4.78, 5) is 27.8. The summed E-state index contributed by atoms with van der Waals surface area (Å²) in [6.07, 6.45) is 1.13. The van der Waals surface area contributed by atoms with Crippen LogP contribution >= 0.6 is 11.6 Å². The van der Waals surface area contributed by atoms with Crippen LogP contribution in [0.25, 0.3) is 11.1 Å². The summed E-state index contributed by atoms with van der Waals surface area (Å²) in [5.74, 6) is -0.105. The third-order valence-electron chi connectivity index (χ3n) is 5.89. The molecule has 0 radical (unpaired) electrons. The normalized spacial score (nSPS) is 17.8. The maximum Gasteiger partial charge on any atom is 0.328 e. The number of rotatable bonds is 5. The molecule has 1 aliphatic rings. The van der Waals surface area contributed by atoms with Crippen molar-refractivity contribution >= 4 is 23.5 Å². The van der Waals surface area contributed by atoms with Gasteiger partial charge in [0.1, 0.15) is 11.8 Å². The Labute approximate surface area is 192 Å². The third kappa shape index (κ3) is 4.08. The highest BCUT2D eigenvalue weighted by Crippen LogP contribution is 2.41. The number of carbonyl (C=O) groups is 2. The zero-order valence-electron chi connectivity index (χ0n) is 18.0. The minimum absolute atomic E-state index is 0.263. The SMILES string of the molecule is COC(=O)[C@@H]1CC[C@H](c2ccccc2Cl)N1C(=O)c1ccc(-c2ccccc2)c(OC)c1. The molecule has 0 aromatic heterocycles. The van der Waals surface area contributed by atoms with Crippen LogP contribution in [-0.2, 0) is 9.53 Å². The predicted molar refractivity (Wildman–Crippen MR) is 124 cm³/mol. The molecule has 1 saturated heterocycles. The van der Waals surface area contributed by atoms with Crippen LogP contribution in [0.2, 0.25) is 5.02 Å². The number of carbonyl (C=O) groups excluding carboxylic acids is 2. The monoisotopic (exact) mass is 449 g/mol. The number of amides is 1. The molecule has 1 aliphatic heterocycles. The van der Waals surface area contributed by atoms with E-state index in [9.17, 15) is 9.59 Å². The largest absolute Gasteiger partial charge is 0.496 e. The molecule has 0 bridgehead atoms. The Morgan fingerprint density at radius 3 is 2.34 bits per heavy atom. The second-order valence-corrected chi connectivity index (χ2v) is 8.05. The first kappa shape index (κ1) is 21.9. The Morgan fingerprint density at radius 2 is 1.66 bits per heavy atom. The zero-order chi connectivity index (χ0) is 22.7. The summed E-state index contributed by atoms with van der Waals surface area (Å²) < 4.78 is 10.6. The van der Waals surface area contributed by atoms with E-state index >= 15 is 0 Å². The topological polar surface area (TPSA) is 55.8 Å². The fourth-order valence-electron chi connectivity index (χ4n) is 4.34. The van der Waals surface area contributed by atoms with Crippen LogP contribution in [0.5, 0.6) is 5.75 Å². The fraction of sp³-hybridized carbons (Fsp3) is 0.231. The van der Waals surface area contributed by atoms with Gasteiger partial charge < -0.3 is 14.4 Å². The number of hydrogen-bond donors (Lipinski definition) is 0. The Kier molecular flexibility index (Phi) is 6.47. The maximum atomic E-state index is 13.7. The van der Waals surface area contributed by atoms with E-state index in [1.807, 2.05) is 54.6 Å². The first-order valence-electron chi connectivity index (χ1n) is 10.4. The van der Waals surface area contributed by atoms with Crippen molar-refractivity contribution in [3.63, 3.8) is 0 Å². The Morgan fingerprint density at radius 1 is 0.938 bits per heavy atom. The lowest BCUT2D eigenvalue weighted by Crippen LogP contribution is -2.42. The molecule has 1 fully saturated rings. The molecule has 0 N–H and O–H groups in total. The lowest BCUT2D eigenvalue weighted by molar-refractivity contribution is -0.145. The van der Waals surface area contributed by atoms with Crippen molar-refractivity contribution in [2.45, 2.75) is 24.9 Å². The van der Waals surface area contributed by atoms with E-state index in [4.69, 9.17) is 21.1 Å². The number of hydrogen-bond acceptors (Lipinski definition) is 4. The molecule has 5 nitrogen and oxygen atoms in total. The van der Waals surface area contributed by atoms with Crippen LogP contribution in [0.3, 0.4) is 0 Å². The molecule has 3 aromatic rings. The van der Waals surface area contributed by atoms with Gasteiger partial charge in [-0.3, -0.25) is 4.79 Å². The van der Waals surface area contributed by atoms with Crippen LogP contribution in [0.15, 0.2) is 72.8 Å². The Balaban J connectivity index is 1.74. The van der Waals surface area contributed by atoms with Crippen molar-refractivity contribution in [3.8, 4) is 16.9 Å². The summed E-state index contributed by atoms with van der Waals surface area (Å²) in [5, 5.41) is 0.567. The van der Waals surface area contributed by atoms with Crippen molar-refractivity contribution in [1.29, 1.82) is 0 Å². The molecule has 0 saturated carbocycles. The van der Waals surface area contributed by atoms with E-state index < -0.39 is 12.0 Å². The second-order valence-electron chi connectivity index (χ2n) is 7.65. The van der Waals surface area contributed by atoms with E-state index in [0.717, 1.165) is 16.7 Å². The van der Waals surface area contributed by atoms with E-state index in [1.54, 1.807) is 30.2 Å². The first-order chi connectivity index (χ1) is 15.5. The number of methoxy groups -OCH3 is 2. The molecule has 3 aromatic carbocycles. The van der Waals surface area contributed by atoms with E-state index in [0.29, 0.717) is 29.2 Å². The Bertz CT molecular complexity index is 1130. The summed E-state index contributed by atoms with van der Waals surface area (Å²) >= 11 is 6.44. The molecule has 0 spiro atoms. The smallest absolute Gasteiger partial charge is 0.328 e. The molecular weight excluding hydrogens is 426 g/mol. The highest BCUT2D eigenvalue weighted by Gasteiger charge is 2.43. The van der Waals surface area contributed by atoms with E-state index in [1.165, 1.54) is 7.11 Å². The molecule has 0 unspecified atom stereocenters. The van der Waals surface area contributed by atoms with Gasteiger partial charge in [0.05, 0.1) is 20.3 Å². The van der Waals surface area contributed by atoms with Gasteiger partial charge in [-0.15, -0.1) is 0 Å². The summed E-state index contributed by atoms with van der Waals surface area (Å²) in [5.41, 5.74) is 3.14. The zero-order valence-corrected chi connectivity index (χ0v) is 18.7. The molecule has 0 aliphatic carbocycles. The second kappa shape index (κ2) is 9.45. The standard InChI is InChI=1S/C26H24ClNO4/c1-31-24-16-18(12-13-19(24)17-8-4-3-5-9-17)25(29)28-22(14-15-23(28)26(30)32-2)20-10-6-7-11-21(20)27/h3-13,16,22-23H,14-15H2,1-2H3/t22-,23+/m1/s1. The van der Waals surface area contributed by atoms with Gasteiger partial charge in [-0.05, 0) is 48.2 Å². The van der Waals surface area contributed by atoms with Gasteiger partial charge in [0, 0.05) is 16.1 Å². The predicted octanol–water partition coefficient (Wildman–Crippen LogP) is 5.53. The molecule has 2 atom stereocenters. The van der Waals surface area contributed by atoms with Gasteiger partial charge >= 0.3 is 5.97 Å². The van der Waals surface area contributed by atoms with E-state index in [2.05, 4.69) is 0 Å². The number of esters is 1. The highest BCUT2D eigenvalue weighted by molar-refractivity contribution is 6.31. The van der Waals surface area contributed by atoms with Crippen molar-refractivity contribution < 1.29 is 19.1 Å². The lowest BCUT2D eigenvalue weighted by Gasteiger charge is -2.30. The molecular formula is C26H24ClNO4. The van der Waals surface area contributed by atoms with Crippen molar-refractivity contribution in [1.82, 2.24) is 4.90 Å². The van der Waals surface area contributed by atoms with Crippen LogP contribution in [-0.4, -0.2) is 37.0 Å². The van der Waals surface area contributed by atoms with Crippen molar-refractivity contribution in [3.05, 3.63) is 88.9 Å². The number of likely N-dealkylation sites (tertiary alicyclic amines) is 1. The fourth-order valence-corrected chi connectivity index (χ4v) is 4.60. The first-order valence-corrected chi connectivity index (χ1v) is 10.8. The van der Waals surface area contributed by atoms with Crippen molar-refractivity contribution in [2.24, 2.45) is 0 Å². The molecule has 1 amide bonds. The minimum Gasteiger partial charge on any atom is -0.496 e. The van der Waals surface area contributed by atoms with Gasteiger partial charge in [-0.25, -0.2) is 4.79 Å². The van der Waals surface area contributed by atoms with Crippen LogP contribution in [0, 0.1) is 0 Å². The average molecular weight is 450 g/mol. The number of nitrogens with zero attached hydrogens (tertiary/aromatic N) is 1. The summed E-state index contributed by atoms with van der Waals surface area (Å²) in [6, 6.07) is 21.6. The molecule has 6 heteroatoms. The van der Waals surface area contributed by atoms with Crippen LogP contribution < -0.4 is 4.74 Å². The lowest BCUT2D eigenvalue weighted by atomic mass is 10.0. The van der Waals surface area contributed by atoms with E-state index in [-0.39, 0.29) is 11.9 Å². The van der Waals surface area contributed by atoms with Crippen LogP contribution in [0.1, 0.15) is 34.8 Å². The van der Waals surface area contributed by atoms with Gasteiger partial charge in [-0.2, -0.15) is 0 Å². The molecule has 1 heterocycles. The van der Waals surface area contributed by atoms with Crippen molar-refractivity contribution in [2.75, 3.05) is 14.2 Å². The number of benzene rings is 3. The summed E-state index contributed by atoms with van der Waals surface area (Å²) in [6.45, 7) is 0. The quantitative estimate of drug-likeness (QED) is 0.480. The average Bonchev–Trinajstić information content (AvgIpc) is 3.28. The Hall–Kier alpha value is -3.31. The van der Waals surface area contributed by atoms with Gasteiger partial charge in [-0.1, -0.05) is 60.1 Å². The third-order valence-corrected chi connectivity index (χ3v) is 6.23. The number of halogens is 1. The highest BCUT2D eigenvalue weighted by atomic mass is 35.5. The van der Waals surface area contributed by atoms with Gasteiger partial charge in [0.2, 0.25) is 0 Å². The molecule has 4 rings (SSSR count). The number of ether oxygens (including phenoxy) is 2. The molecule has 32 heavy (non-hydrogen) atoms. The summed E-state index contributed by atoms with van der Waals surface area (Å²) in [7, 11) is 2.92. The maximum absolute atomic E-state index is 13.7. The van der Waals surface area contributed by atoms with Gasteiger partial charge in [0.15, 0.2) is 0 Å². The molecule has 164 valence electrons. The van der Waals surface area contributed by atoms with Crippen LogP contribution in [0.4, 0.5) is 0 Å².